The second-order valence-electron chi connectivity index (χ2n) is 5.64. The summed E-state index contributed by atoms with van der Waals surface area (Å²) >= 11 is 1.12. The summed E-state index contributed by atoms with van der Waals surface area (Å²) in [5, 5.41) is 5.01. The molecule has 0 aliphatic heterocycles. The number of imide groups is 1. The molecule has 0 unspecified atom stereocenters. The number of hydrogen-bond donors (Lipinski definition) is 2. The molecule has 0 bridgehead atoms. The molecule has 0 aliphatic rings. The fourth-order valence-electron chi connectivity index (χ4n) is 2.32. The molecule has 26 heavy (non-hydrogen) atoms. The maximum absolute atomic E-state index is 12.1. The van der Waals surface area contributed by atoms with E-state index in [-0.39, 0.29) is 10.0 Å². The lowest BCUT2D eigenvalue weighted by atomic mass is 10.1. The van der Waals surface area contributed by atoms with Crippen LogP contribution in [0.2, 0.25) is 0 Å². The van der Waals surface area contributed by atoms with Gasteiger partial charge in [0.25, 0.3) is 5.91 Å². The van der Waals surface area contributed by atoms with Gasteiger partial charge >= 0.3 is 6.03 Å². The van der Waals surface area contributed by atoms with E-state index < -0.39 is 21.8 Å². The van der Waals surface area contributed by atoms with Gasteiger partial charge in [-0.2, -0.15) is 0 Å². The number of aromatic nitrogens is 1. The standard InChI is InChI=1S/C17H15N3O4S2/c1-10-5-3-4-6-12(10)15(21)19-16(22)20-17-18-13-8-7-11(26(2,23)24)9-14(13)25-17/h3-9H,1-2H3,(H2,18,19,20,21,22). The molecule has 0 atom stereocenters. The molecule has 1 heterocycles. The third-order valence-corrected chi connectivity index (χ3v) is 5.67. The number of aryl methyl sites for hydroxylation is 1. The smallest absolute Gasteiger partial charge is 0.283 e. The monoisotopic (exact) mass is 389 g/mol. The Hall–Kier alpha value is -2.78. The van der Waals surface area contributed by atoms with E-state index in [9.17, 15) is 18.0 Å². The zero-order valence-corrected chi connectivity index (χ0v) is 15.6. The molecule has 134 valence electrons. The Kier molecular flexibility index (Phi) is 4.75. The zero-order chi connectivity index (χ0) is 18.9. The Balaban J connectivity index is 1.75. The largest absolute Gasteiger partial charge is 0.327 e. The Morgan fingerprint density at radius 3 is 2.54 bits per heavy atom. The van der Waals surface area contributed by atoms with E-state index in [0.29, 0.717) is 15.8 Å². The van der Waals surface area contributed by atoms with E-state index in [0.717, 1.165) is 23.2 Å². The number of sulfone groups is 1. The van der Waals surface area contributed by atoms with Gasteiger partial charge in [-0.1, -0.05) is 29.5 Å². The average Bonchev–Trinajstić information content (AvgIpc) is 2.95. The molecule has 0 fully saturated rings. The summed E-state index contributed by atoms with van der Waals surface area (Å²) in [5.74, 6) is -0.513. The van der Waals surface area contributed by atoms with Crippen molar-refractivity contribution in [3.05, 3.63) is 53.6 Å². The SMILES string of the molecule is Cc1ccccc1C(=O)NC(=O)Nc1nc2ccc(S(C)(=O)=O)cc2s1. The van der Waals surface area contributed by atoms with Crippen molar-refractivity contribution in [1.82, 2.24) is 10.3 Å². The number of amides is 3. The lowest BCUT2D eigenvalue weighted by Crippen LogP contribution is -2.34. The number of benzene rings is 2. The van der Waals surface area contributed by atoms with E-state index in [1.165, 1.54) is 12.1 Å². The summed E-state index contributed by atoms with van der Waals surface area (Å²) in [6, 6.07) is 10.8. The summed E-state index contributed by atoms with van der Waals surface area (Å²) in [4.78, 5) is 28.6. The highest BCUT2D eigenvalue weighted by atomic mass is 32.2. The van der Waals surface area contributed by atoms with Crippen LogP contribution in [-0.2, 0) is 9.84 Å². The molecule has 0 aliphatic carbocycles. The summed E-state index contributed by atoms with van der Waals surface area (Å²) < 4.78 is 23.8. The maximum atomic E-state index is 12.1. The molecule has 7 nitrogen and oxygen atoms in total. The van der Waals surface area contributed by atoms with E-state index in [1.54, 1.807) is 37.3 Å². The van der Waals surface area contributed by atoms with Gasteiger partial charge in [0.05, 0.1) is 15.1 Å². The van der Waals surface area contributed by atoms with Crippen molar-refractivity contribution in [3.63, 3.8) is 0 Å². The van der Waals surface area contributed by atoms with Crippen LogP contribution >= 0.6 is 11.3 Å². The van der Waals surface area contributed by atoms with Crippen LogP contribution in [-0.4, -0.2) is 31.6 Å². The lowest BCUT2D eigenvalue weighted by molar-refractivity contribution is 0.0966. The van der Waals surface area contributed by atoms with Gasteiger partial charge in [-0.05, 0) is 36.8 Å². The van der Waals surface area contributed by atoms with Crippen LogP contribution in [0.1, 0.15) is 15.9 Å². The van der Waals surface area contributed by atoms with Gasteiger partial charge in [-0.25, -0.2) is 18.2 Å². The molecule has 3 amide bonds. The quantitative estimate of drug-likeness (QED) is 0.716. The van der Waals surface area contributed by atoms with Gasteiger partial charge < -0.3 is 0 Å². The average molecular weight is 389 g/mol. The number of nitrogens with one attached hydrogen (secondary N) is 2. The fourth-order valence-corrected chi connectivity index (χ4v) is 3.94. The van der Waals surface area contributed by atoms with Crippen LogP contribution in [0.3, 0.4) is 0 Å². The normalized spacial score (nSPS) is 11.3. The fraction of sp³-hybridized carbons (Fsp3) is 0.118. The topological polar surface area (TPSA) is 105 Å². The number of rotatable bonds is 3. The van der Waals surface area contributed by atoms with Crippen LogP contribution in [0.25, 0.3) is 10.2 Å². The zero-order valence-electron chi connectivity index (χ0n) is 13.9. The summed E-state index contributed by atoms with van der Waals surface area (Å²) in [7, 11) is -3.32. The lowest BCUT2D eigenvalue weighted by Gasteiger charge is -2.06. The van der Waals surface area contributed by atoms with Crippen LogP contribution in [0.4, 0.5) is 9.93 Å². The minimum Gasteiger partial charge on any atom is -0.283 e. The molecule has 1 aromatic heterocycles. The summed E-state index contributed by atoms with van der Waals surface area (Å²) in [6.45, 7) is 1.78. The van der Waals surface area contributed by atoms with Crippen molar-refractivity contribution in [2.75, 3.05) is 11.6 Å². The van der Waals surface area contributed by atoms with Crippen LogP contribution in [0.5, 0.6) is 0 Å². The first-order valence-electron chi connectivity index (χ1n) is 7.52. The first-order valence-corrected chi connectivity index (χ1v) is 10.2. The molecule has 0 spiro atoms. The van der Waals surface area contributed by atoms with Crippen molar-refractivity contribution in [2.45, 2.75) is 11.8 Å². The highest BCUT2D eigenvalue weighted by molar-refractivity contribution is 7.90. The second-order valence-corrected chi connectivity index (χ2v) is 8.69. The number of hydrogen-bond acceptors (Lipinski definition) is 6. The van der Waals surface area contributed by atoms with Crippen molar-refractivity contribution in [1.29, 1.82) is 0 Å². The van der Waals surface area contributed by atoms with Crippen molar-refractivity contribution in [2.24, 2.45) is 0 Å². The van der Waals surface area contributed by atoms with Crippen LogP contribution in [0, 0.1) is 6.92 Å². The van der Waals surface area contributed by atoms with Crippen LogP contribution < -0.4 is 10.6 Å². The van der Waals surface area contributed by atoms with Gasteiger partial charge in [0.2, 0.25) is 0 Å². The predicted molar refractivity (Wildman–Crippen MR) is 100 cm³/mol. The van der Waals surface area contributed by atoms with Gasteiger partial charge in [0.15, 0.2) is 15.0 Å². The van der Waals surface area contributed by atoms with Crippen LogP contribution in [0.15, 0.2) is 47.4 Å². The molecule has 2 N–H and O–H groups in total. The van der Waals surface area contributed by atoms with E-state index in [1.807, 2.05) is 0 Å². The number of urea groups is 1. The van der Waals surface area contributed by atoms with Crippen molar-refractivity contribution < 1.29 is 18.0 Å². The number of fused-ring (bicyclic) bond motifs is 1. The molecular formula is C17H15N3O4S2. The Morgan fingerprint density at radius 1 is 1.12 bits per heavy atom. The molecule has 3 aromatic rings. The van der Waals surface area contributed by atoms with E-state index in [4.69, 9.17) is 0 Å². The van der Waals surface area contributed by atoms with E-state index >= 15 is 0 Å². The Labute approximate surface area is 154 Å². The van der Waals surface area contributed by atoms with Gasteiger partial charge in [0, 0.05) is 11.8 Å². The van der Waals surface area contributed by atoms with Gasteiger partial charge in [-0.3, -0.25) is 15.4 Å². The molecular weight excluding hydrogens is 374 g/mol. The second kappa shape index (κ2) is 6.85. The molecule has 0 saturated carbocycles. The number of anilines is 1. The number of carbonyl (C=O) groups excluding carboxylic acids is 2. The third kappa shape index (κ3) is 3.89. The van der Waals surface area contributed by atoms with E-state index in [2.05, 4.69) is 15.6 Å². The first kappa shape index (κ1) is 18.0. The Bertz CT molecular complexity index is 1120. The molecule has 0 saturated heterocycles. The van der Waals surface area contributed by atoms with Crippen molar-refractivity contribution >= 4 is 48.5 Å². The number of thiazole rings is 1. The first-order chi connectivity index (χ1) is 12.2. The molecule has 9 heteroatoms. The minimum atomic E-state index is -3.32. The molecule has 3 rings (SSSR count). The Morgan fingerprint density at radius 2 is 1.85 bits per heavy atom. The van der Waals surface area contributed by atoms with Gasteiger partial charge in [-0.15, -0.1) is 0 Å². The highest BCUT2D eigenvalue weighted by Gasteiger charge is 2.15. The summed E-state index contributed by atoms with van der Waals surface area (Å²) in [5.41, 5.74) is 1.72. The molecule has 0 radical (unpaired) electrons. The maximum Gasteiger partial charge on any atom is 0.327 e. The van der Waals surface area contributed by atoms with Gasteiger partial charge in [0.1, 0.15) is 0 Å². The third-order valence-electron chi connectivity index (χ3n) is 3.63. The summed E-state index contributed by atoms with van der Waals surface area (Å²) in [6.07, 6.45) is 1.12. The minimum absolute atomic E-state index is 0.180. The highest BCUT2D eigenvalue weighted by Crippen LogP contribution is 2.28. The number of carbonyl (C=O) groups is 2. The predicted octanol–water partition coefficient (Wildman–Crippen LogP) is 2.97. The molecule has 2 aromatic carbocycles. The van der Waals surface area contributed by atoms with Crippen molar-refractivity contribution in [3.8, 4) is 0 Å². The number of nitrogens with zero attached hydrogens (tertiary/aromatic N) is 1.